The summed E-state index contributed by atoms with van der Waals surface area (Å²) in [7, 11) is -3.39. The highest BCUT2D eigenvalue weighted by Crippen LogP contribution is 2.51. The quantitative estimate of drug-likeness (QED) is 0.815. The molecule has 0 N–H and O–H groups in total. The average molecular weight is 356 g/mol. The lowest BCUT2D eigenvalue weighted by atomic mass is 9.81. The van der Waals surface area contributed by atoms with Crippen molar-refractivity contribution in [2.45, 2.75) is 50.7 Å². The first-order valence-corrected chi connectivity index (χ1v) is 10.7. The molecule has 0 unspecified atom stereocenters. The highest BCUT2D eigenvalue weighted by atomic mass is 32.2. The molecule has 0 saturated heterocycles. The number of benzene rings is 2. The van der Waals surface area contributed by atoms with Crippen molar-refractivity contribution in [1.29, 1.82) is 0 Å². The molecule has 2 aliphatic rings. The van der Waals surface area contributed by atoms with E-state index in [1.807, 2.05) is 50.2 Å². The molecule has 2 aromatic rings. The molecule has 0 radical (unpaired) electrons. The van der Waals surface area contributed by atoms with E-state index in [0.717, 1.165) is 29.7 Å². The van der Waals surface area contributed by atoms with Gasteiger partial charge in [0.15, 0.2) is 0 Å². The Hall–Kier alpha value is -1.81. The van der Waals surface area contributed by atoms with E-state index in [0.29, 0.717) is 6.54 Å². The SMILES string of the molecule is Cc1ccc(CS(=O)(=O)N2CC3(CCCC3)c3ccccc32)cc1C. The van der Waals surface area contributed by atoms with Crippen LogP contribution in [0.2, 0.25) is 0 Å². The van der Waals surface area contributed by atoms with Crippen LogP contribution in [0.4, 0.5) is 5.69 Å². The van der Waals surface area contributed by atoms with Gasteiger partial charge in [-0.15, -0.1) is 0 Å². The van der Waals surface area contributed by atoms with E-state index in [-0.39, 0.29) is 11.2 Å². The summed E-state index contributed by atoms with van der Waals surface area (Å²) in [5, 5.41) is 0. The molecule has 25 heavy (non-hydrogen) atoms. The van der Waals surface area contributed by atoms with E-state index in [9.17, 15) is 8.42 Å². The standard InChI is InChI=1S/C21H25NO2S/c1-16-9-10-18(13-17(16)2)14-25(23,24)22-15-21(11-5-6-12-21)19-7-3-4-8-20(19)22/h3-4,7-10,13H,5-6,11-12,14-15H2,1-2H3. The fraction of sp³-hybridized carbons (Fsp3) is 0.429. The van der Waals surface area contributed by atoms with Crippen LogP contribution in [-0.4, -0.2) is 15.0 Å². The Morgan fingerprint density at radius 3 is 2.44 bits per heavy atom. The monoisotopic (exact) mass is 355 g/mol. The van der Waals surface area contributed by atoms with Crippen molar-refractivity contribution in [1.82, 2.24) is 0 Å². The lowest BCUT2D eigenvalue weighted by Crippen LogP contribution is -2.36. The van der Waals surface area contributed by atoms with E-state index in [1.54, 1.807) is 4.31 Å². The molecule has 0 aromatic heterocycles. The van der Waals surface area contributed by atoms with E-state index in [1.165, 1.54) is 24.0 Å². The van der Waals surface area contributed by atoms with E-state index in [2.05, 4.69) is 6.07 Å². The van der Waals surface area contributed by atoms with Gasteiger partial charge in [0.1, 0.15) is 0 Å². The Labute approximate surface area is 150 Å². The first-order valence-electron chi connectivity index (χ1n) is 9.07. The molecule has 1 aliphatic heterocycles. The highest BCUT2D eigenvalue weighted by molar-refractivity contribution is 7.92. The third-order valence-electron chi connectivity index (χ3n) is 6.01. The maximum atomic E-state index is 13.2. The highest BCUT2D eigenvalue weighted by Gasteiger charge is 2.47. The van der Waals surface area contributed by atoms with Gasteiger partial charge in [-0.05, 0) is 55.0 Å². The molecule has 1 aliphatic carbocycles. The summed E-state index contributed by atoms with van der Waals surface area (Å²) in [5.74, 6) is 0.0680. The minimum absolute atomic E-state index is 0.0346. The van der Waals surface area contributed by atoms with Crippen LogP contribution >= 0.6 is 0 Å². The Kier molecular flexibility index (Phi) is 3.91. The van der Waals surface area contributed by atoms with Crippen molar-refractivity contribution in [2.75, 3.05) is 10.8 Å². The lowest BCUT2D eigenvalue weighted by Gasteiger charge is -2.25. The van der Waals surface area contributed by atoms with Gasteiger partial charge in [0.05, 0.1) is 11.4 Å². The van der Waals surface area contributed by atoms with Crippen LogP contribution in [0.25, 0.3) is 0 Å². The van der Waals surface area contributed by atoms with Crippen molar-refractivity contribution in [3.05, 3.63) is 64.7 Å². The number of hydrogen-bond acceptors (Lipinski definition) is 2. The maximum absolute atomic E-state index is 13.2. The second-order valence-electron chi connectivity index (χ2n) is 7.69. The van der Waals surface area contributed by atoms with Gasteiger partial charge in [0, 0.05) is 12.0 Å². The van der Waals surface area contributed by atoms with Crippen LogP contribution in [0, 0.1) is 13.8 Å². The third-order valence-corrected chi connectivity index (χ3v) is 7.70. The van der Waals surface area contributed by atoms with Crippen LogP contribution in [0.3, 0.4) is 0 Å². The Bertz CT molecular complexity index is 911. The number of para-hydroxylation sites is 1. The largest absolute Gasteiger partial charge is 0.269 e. The van der Waals surface area contributed by atoms with Crippen molar-refractivity contribution in [3.63, 3.8) is 0 Å². The van der Waals surface area contributed by atoms with Crippen molar-refractivity contribution in [3.8, 4) is 0 Å². The van der Waals surface area contributed by atoms with Crippen LogP contribution in [0.15, 0.2) is 42.5 Å². The summed E-state index contributed by atoms with van der Waals surface area (Å²) in [6.07, 6.45) is 4.58. The van der Waals surface area contributed by atoms with Crippen molar-refractivity contribution < 1.29 is 8.42 Å². The molecule has 4 rings (SSSR count). The molecule has 2 aromatic carbocycles. The van der Waals surface area contributed by atoms with Gasteiger partial charge >= 0.3 is 0 Å². The number of aryl methyl sites for hydroxylation is 2. The fourth-order valence-corrected chi connectivity index (χ4v) is 6.15. The second-order valence-corrected chi connectivity index (χ2v) is 9.58. The van der Waals surface area contributed by atoms with Crippen LogP contribution in [-0.2, 0) is 21.2 Å². The lowest BCUT2D eigenvalue weighted by molar-refractivity contribution is 0.477. The number of rotatable bonds is 3. The van der Waals surface area contributed by atoms with E-state index >= 15 is 0 Å². The Morgan fingerprint density at radius 1 is 1.00 bits per heavy atom. The zero-order chi connectivity index (χ0) is 17.7. The molecule has 4 heteroatoms. The first kappa shape index (κ1) is 16.6. The number of anilines is 1. The van der Waals surface area contributed by atoms with Crippen molar-refractivity contribution in [2.24, 2.45) is 0 Å². The smallest absolute Gasteiger partial charge is 0.239 e. The van der Waals surface area contributed by atoms with Gasteiger partial charge in [-0.2, -0.15) is 0 Å². The van der Waals surface area contributed by atoms with Crippen LogP contribution in [0.1, 0.15) is 47.9 Å². The number of nitrogens with zero attached hydrogens (tertiary/aromatic N) is 1. The third kappa shape index (κ3) is 2.77. The van der Waals surface area contributed by atoms with Gasteiger partial charge < -0.3 is 0 Å². The zero-order valence-corrected chi connectivity index (χ0v) is 15.8. The second kappa shape index (κ2) is 5.87. The zero-order valence-electron chi connectivity index (χ0n) is 15.0. The molecule has 1 spiro atoms. The molecular weight excluding hydrogens is 330 g/mol. The minimum Gasteiger partial charge on any atom is -0.269 e. The molecule has 1 saturated carbocycles. The summed E-state index contributed by atoms with van der Waals surface area (Å²) in [4.78, 5) is 0. The fourth-order valence-electron chi connectivity index (χ4n) is 4.49. The first-order chi connectivity index (χ1) is 11.9. The van der Waals surface area contributed by atoms with E-state index in [4.69, 9.17) is 0 Å². The van der Waals surface area contributed by atoms with Gasteiger partial charge in [0.2, 0.25) is 10.0 Å². The molecule has 0 amide bonds. The minimum atomic E-state index is -3.39. The molecule has 3 nitrogen and oxygen atoms in total. The Balaban J connectivity index is 1.70. The van der Waals surface area contributed by atoms with Crippen LogP contribution in [0.5, 0.6) is 0 Å². The predicted molar refractivity (Wildman–Crippen MR) is 102 cm³/mol. The average Bonchev–Trinajstić information content (AvgIpc) is 3.18. The molecule has 132 valence electrons. The van der Waals surface area contributed by atoms with Gasteiger partial charge in [-0.1, -0.05) is 49.2 Å². The van der Waals surface area contributed by atoms with Gasteiger partial charge in [-0.25, -0.2) is 8.42 Å². The van der Waals surface area contributed by atoms with Gasteiger partial charge in [-0.3, -0.25) is 4.31 Å². The van der Waals surface area contributed by atoms with Crippen LogP contribution < -0.4 is 4.31 Å². The maximum Gasteiger partial charge on any atom is 0.239 e. The number of sulfonamides is 1. The topological polar surface area (TPSA) is 37.4 Å². The summed E-state index contributed by atoms with van der Waals surface area (Å²) in [6.45, 7) is 4.69. The molecule has 0 bridgehead atoms. The molecule has 1 fully saturated rings. The van der Waals surface area contributed by atoms with Crippen molar-refractivity contribution >= 4 is 15.7 Å². The molecule has 0 atom stereocenters. The van der Waals surface area contributed by atoms with E-state index < -0.39 is 10.0 Å². The summed E-state index contributed by atoms with van der Waals surface area (Å²) < 4.78 is 28.1. The Morgan fingerprint density at radius 2 is 1.72 bits per heavy atom. The number of hydrogen-bond donors (Lipinski definition) is 0. The summed E-state index contributed by atoms with van der Waals surface area (Å²) in [5.41, 5.74) is 5.36. The summed E-state index contributed by atoms with van der Waals surface area (Å²) >= 11 is 0. The number of fused-ring (bicyclic) bond motifs is 2. The molecule has 1 heterocycles. The predicted octanol–water partition coefficient (Wildman–Crippen LogP) is 4.47. The normalized spacial score (nSPS) is 18.7. The summed E-state index contributed by atoms with van der Waals surface area (Å²) in [6, 6.07) is 14.0. The van der Waals surface area contributed by atoms with Gasteiger partial charge in [0.25, 0.3) is 0 Å². The molecular formula is C21H25NO2S.